The molecule has 0 saturated heterocycles. The number of hydrogen-bond acceptors (Lipinski definition) is 1. The van der Waals surface area contributed by atoms with E-state index in [1.807, 2.05) is 0 Å². The summed E-state index contributed by atoms with van der Waals surface area (Å²) in [5, 5.41) is 2.79. The molecule has 2 amide bonds. The van der Waals surface area contributed by atoms with Crippen LogP contribution in [0.25, 0.3) is 0 Å². The molecule has 1 saturated carbocycles. The first-order valence-corrected chi connectivity index (χ1v) is 7.66. The van der Waals surface area contributed by atoms with Gasteiger partial charge in [0.1, 0.15) is 11.6 Å². The largest absolute Gasteiger partial charge is 0.334 e. The predicted octanol–water partition coefficient (Wildman–Crippen LogP) is 3.84. The van der Waals surface area contributed by atoms with E-state index in [-0.39, 0.29) is 36.8 Å². The first kappa shape index (κ1) is 15.5. The van der Waals surface area contributed by atoms with Crippen LogP contribution in [0.2, 0.25) is 0 Å². The van der Waals surface area contributed by atoms with Crippen LogP contribution in [0, 0.1) is 11.6 Å². The molecule has 5 heteroatoms. The number of carbonyl (C=O) groups is 1. The second kappa shape index (κ2) is 6.77. The van der Waals surface area contributed by atoms with Gasteiger partial charge in [0.25, 0.3) is 0 Å². The fraction of sp³-hybridized carbons (Fsp3) is 0.278. The molecule has 0 atom stereocenters. The van der Waals surface area contributed by atoms with Crippen molar-refractivity contribution in [1.29, 1.82) is 0 Å². The maximum atomic E-state index is 13.8. The van der Waals surface area contributed by atoms with Crippen molar-refractivity contribution in [3.05, 3.63) is 71.3 Å². The molecule has 1 N–H and O–H groups in total. The molecule has 3 nitrogen and oxygen atoms in total. The smallest absolute Gasteiger partial charge is 0.318 e. The maximum absolute atomic E-state index is 13.8. The van der Waals surface area contributed by atoms with Crippen molar-refractivity contribution in [2.45, 2.75) is 32.0 Å². The van der Waals surface area contributed by atoms with Crippen molar-refractivity contribution < 1.29 is 13.6 Å². The average molecular weight is 316 g/mol. The Kier molecular flexibility index (Phi) is 4.55. The summed E-state index contributed by atoms with van der Waals surface area (Å²) in [5.74, 6) is -0.641. The van der Waals surface area contributed by atoms with Crippen LogP contribution in [0.15, 0.2) is 48.5 Å². The number of hydrogen-bond donors (Lipinski definition) is 1. The topological polar surface area (TPSA) is 32.3 Å². The lowest BCUT2D eigenvalue weighted by molar-refractivity contribution is 0.191. The van der Waals surface area contributed by atoms with Crippen molar-refractivity contribution in [3.63, 3.8) is 0 Å². The third-order valence-electron chi connectivity index (χ3n) is 3.88. The van der Waals surface area contributed by atoms with Gasteiger partial charge in [-0.05, 0) is 36.6 Å². The number of halogens is 2. The van der Waals surface area contributed by atoms with Crippen LogP contribution in [-0.4, -0.2) is 17.0 Å². The van der Waals surface area contributed by atoms with Crippen molar-refractivity contribution in [1.82, 2.24) is 10.2 Å². The van der Waals surface area contributed by atoms with Gasteiger partial charge >= 0.3 is 6.03 Å². The molecule has 120 valence electrons. The molecular formula is C18H18F2N2O. The van der Waals surface area contributed by atoms with E-state index in [1.165, 1.54) is 18.2 Å². The summed E-state index contributed by atoms with van der Waals surface area (Å²) in [4.78, 5) is 14.0. The number of carbonyl (C=O) groups excluding carboxylic acids is 1. The first-order valence-electron chi connectivity index (χ1n) is 7.66. The Morgan fingerprint density at radius 1 is 1.13 bits per heavy atom. The van der Waals surface area contributed by atoms with Gasteiger partial charge in [-0.2, -0.15) is 0 Å². The summed E-state index contributed by atoms with van der Waals surface area (Å²) < 4.78 is 26.9. The highest BCUT2D eigenvalue weighted by Crippen LogP contribution is 2.28. The van der Waals surface area contributed by atoms with E-state index in [1.54, 1.807) is 35.2 Å². The van der Waals surface area contributed by atoms with Gasteiger partial charge in [-0.15, -0.1) is 0 Å². The lowest BCUT2D eigenvalue weighted by Gasteiger charge is -2.23. The average Bonchev–Trinajstić information content (AvgIpc) is 3.37. The van der Waals surface area contributed by atoms with Crippen LogP contribution in [0.1, 0.15) is 24.0 Å². The van der Waals surface area contributed by atoms with E-state index in [0.717, 1.165) is 12.8 Å². The molecule has 0 heterocycles. The number of nitrogens with zero attached hydrogens (tertiary/aromatic N) is 1. The molecule has 0 bridgehead atoms. The summed E-state index contributed by atoms with van der Waals surface area (Å²) in [6, 6.07) is 12.5. The summed E-state index contributed by atoms with van der Waals surface area (Å²) in [6.07, 6.45) is 1.86. The zero-order valence-corrected chi connectivity index (χ0v) is 12.6. The van der Waals surface area contributed by atoms with E-state index < -0.39 is 0 Å². The van der Waals surface area contributed by atoms with Gasteiger partial charge in [0.05, 0.1) is 6.54 Å². The number of rotatable bonds is 5. The lowest BCUT2D eigenvalue weighted by atomic mass is 10.2. The molecule has 0 aromatic heterocycles. The Morgan fingerprint density at radius 3 is 2.61 bits per heavy atom. The predicted molar refractivity (Wildman–Crippen MR) is 83.6 cm³/mol. The van der Waals surface area contributed by atoms with Crippen molar-refractivity contribution in [2.75, 3.05) is 0 Å². The van der Waals surface area contributed by atoms with Crippen molar-refractivity contribution in [2.24, 2.45) is 0 Å². The Labute approximate surface area is 133 Å². The third kappa shape index (κ3) is 4.06. The van der Waals surface area contributed by atoms with Crippen LogP contribution in [0.5, 0.6) is 0 Å². The molecule has 0 spiro atoms. The monoisotopic (exact) mass is 316 g/mol. The van der Waals surface area contributed by atoms with E-state index in [9.17, 15) is 13.6 Å². The van der Waals surface area contributed by atoms with Gasteiger partial charge in [0, 0.05) is 18.2 Å². The van der Waals surface area contributed by atoms with Gasteiger partial charge in [-0.25, -0.2) is 13.6 Å². The van der Waals surface area contributed by atoms with Crippen LogP contribution in [0.3, 0.4) is 0 Å². The summed E-state index contributed by atoms with van der Waals surface area (Å²) in [5.41, 5.74) is 1.19. The minimum Gasteiger partial charge on any atom is -0.334 e. The minimum absolute atomic E-state index is 0.155. The number of nitrogens with one attached hydrogen (secondary N) is 1. The molecule has 23 heavy (non-hydrogen) atoms. The Hall–Kier alpha value is -2.43. The fourth-order valence-electron chi connectivity index (χ4n) is 2.49. The molecule has 0 aliphatic heterocycles. The van der Waals surface area contributed by atoms with E-state index in [2.05, 4.69) is 5.32 Å². The van der Waals surface area contributed by atoms with E-state index >= 15 is 0 Å². The maximum Gasteiger partial charge on any atom is 0.318 e. The summed E-state index contributed by atoms with van der Waals surface area (Å²) in [6.45, 7) is 0.489. The van der Waals surface area contributed by atoms with Crippen LogP contribution >= 0.6 is 0 Å². The quantitative estimate of drug-likeness (QED) is 0.893. The first-order chi connectivity index (χ1) is 11.1. The highest BCUT2D eigenvalue weighted by Gasteiger charge is 2.32. The molecular weight excluding hydrogens is 298 g/mol. The minimum atomic E-state index is -0.331. The van der Waals surface area contributed by atoms with Gasteiger partial charge in [-0.3, -0.25) is 0 Å². The zero-order chi connectivity index (χ0) is 16.2. The zero-order valence-electron chi connectivity index (χ0n) is 12.6. The Morgan fingerprint density at radius 2 is 1.91 bits per heavy atom. The normalized spacial score (nSPS) is 13.7. The van der Waals surface area contributed by atoms with Gasteiger partial charge in [0.15, 0.2) is 0 Å². The molecule has 0 radical (unpaired) electrons. The second-order valence-electron chi connectivity index (χ2n) is 5.74. The van der Waals surface area contributed by atoms with Gasteiger partial charge < -0.3 is 10.2 Å². The molecule has 3 rings (SSSR count). The molecule has 1 aliphatic rings. The molecule has 0 unspecified atom stereocenters. The highest BCUT2D eigenvalue weighted by atomic mass is 19.1. The molecule has 1 aliphatic carbocycles. The van der Waals surface area contributed by atoms with Crippen LogP contribution in [0.4, 0.5) is 13.6 Å². The summed E-state index contributed by atoms with van der Waals surface area (Å²) in [7, 11) is 0. The number of urea groups is 1. The van der Waals surface area contributed by atoms with Crippen molar-refractivity contribution in [3.8, 4) is 0 Å². The second-order valence-corrected chi connectivity index (χ2v) is 5.74. The van der Waals surface area contributed by atoms with Crippen molar-refractivity contribution >= 4 is 6.03 Å². The van der Waals surface area contributed by atoms with Crippen LogP contribution < -0.4 is 5.32 Å². The standard InChI is InChI=1S/C18H18F2N2O/c19-15-6-3-4-13(10-15)11-21-18(23)22(16-8-9-16)12-14-5-1-2-7-17(14)20/h1-7,10,16H,8-9,11-12H2,(H,21,23). The highest BCUT2D eigenvalue weighted by molar-refractivity contribution is 5.75. The van der Waals surface area contributed by atoms with E-state index in [4.69, 9.17) is 0 Å². The molecule has 1 fully saturated rings. The Bertz CT molecular complexity index is 701. The third-order valence-corrected chi connectivity index (χ3v) is 3.88. The number of benzene rings is 2. The Balaban J connectivity index is 1.64. The SMILES string of the molecule is O=C(NCc1cccc(F)c1)N(Cc1ccccc1F)C1CC1. The van der Waals surface area contributed by atoms with E-state index in [0.29, 0.717) is 11.1 Å². The van der Waals surface area contributed by atoms with Gasteiger partial charge in [0.2, 0.25) is 0 Å². The van der Waals surface area contributed by atoms with Crippen LogP contribution in [-0.2, 0) is 13.1 Å². The molecule has 2 aromatic carbocycles. The fourth-order valence-corrected chi connectivity index (χ4v) is 2.49. The summed E-state index contributed by atoms with van der Waals surface area (Å²) >= 11 is 0. The van der Waals surface area contributed by atoms with Gasteiger partial charge in [-0.1, -0.05) is 30.3 Å². The number of amides is 2. The molecule has 2 aromatic rings. The lowest BCUT2D eigenvalue weighted by Crippen LogP contribution is -2.40.